The Bertz CT molecular complexity index is 1400. The molecule has 2 aromatic carbocycles. The Morgan fingerprint density at radius 1 is 1.03 bits per heavy atom. The molecule has 0 saturated carbocycles. The highest BCUT2D eigenvalue weighted by atomic mass is 19.1. The van der Waals surface area contributed by atoms with Crippen LogP contribution in [0.15, 0.2) is 77.9 Å². The number of halogens is 1. The van der Waals surface area contributed by atoms with Gasteiger partial charge in [0.05, 0.1) is 25.3 Å². The van der Waals surface area contributed by atoms with Crippen molar-refractivity contribution in [2.75, 3.05) is 12.4 Å². The van der Waals surface area contributed by atoms with E-state index in [0.29, 0.717) is 5.75 Å². The van der Waals surface area contributed by atoms with Gasteiger partial charge in [-0.1, -0.05) is 24.3 Å². The van der Waals surface area contributed by atoms with Crippen molar-refractivity contribution in [1.82, 2.24) is 14.7 Å². The van der Waals surface area contributed by atoms with E-state index in [0.717, 1.165) is 11.1 Å². The van der Waals surface area contributed by atoms with Crippen molar-refractivity contribution in [2.45, 2.75) is 13.0 Å². The van der Waals surface area contributed by atoms with Crippen LogP contribution in [0.5, 0.6) is 5.75 Å². The lowest BCUT2D eigenvalue weighted by atomic mass is 10.1. The number of hydrogen-bond donors (Lipinski definition) is 2. The Morgan fingerprint density at radius 3 is 2.44 bits per heavy atom. The van der Waals surface area contributed by atoms with Crippen LogP contribution in [0.2, 0.25) is 0 Å². The number of benzene rings is 2. The van der Waals surface area contributed by atoms with Crippen LogP contribution in [0.3, 0.4) is 0 Å². The van der Waals surface area contributed by atoms with Crippen LogP contribution in [-0.2, 0) is 17.8 Å². The molecule has 2 amide bonds. The number of ether oxygens (including phenoxy) is 1. The molecule has 2 aromatic heterocycles. The largest absolute Gasteiger partial charge is 0.497 e. The Hall–Kier alpha value is -4.53. The molecular formula is C25H21FN4O4. The molecular weight excluding hydrogens is 439 g/mol. The normalized spacial score (nSPS) is 10.6. The van der Waals surface area contributed by atoms with Crippen LogP contribution in [0.25, 0.3) is 5.65 Å². The van der Waals surface area contributed by atoms with Crippen molar-refractivity contribution in [2.24, 2.45) is 0 Å². The van der Waals surface area contributed by atoms with Gasteiger partial charge in [0.15, 0.2) is 5.65 Å². The van der Waals surface area contributed by atoms with Gasteiger partial charge in [0.2, 0.25) is 5.91 Å². The predicted octanol–water partition coefficient (Wildman–Crippen LogP) is 2.95. The summed E-state index contributed by atoms with van der Waals surface area (Å²) in [4.78, 5) is 42.3. The third-order valence-corrected chi connectivity index (χ3v) is 5.14. The highest BCUT2D eigenvalue weighted by Crippen LogP contribution is 2.13. The van der Waals surface area contributed by atoms with E-state index in [4.69, 9.17) is 4.74 Å². The number of carbonyl (C=O) groups excluding carboxylic acids is 2. The number of rotatable bonds is 7. The van der Waals surface area contributed by atoms with Gasteiger partial charge in [-0.2, -0.15) is 0 Å². The minimum absolute atomic E-state index is 0.000109. The zero-order chi connectivity index (χ0) is 24.1. The summed E-state index contributed by atoms with van der Waals surface area (Å²) in [6.45, 7) is 0.184. The molecule has 0 atom stereocenters. The van der Waals surface area contributed by atoms with E-state index in [1.807, 2.05) is 0 Å². The number of fused-ring (bicyclic) bond motifs is 1. The topological polar surface area (TPSA) is 102 Å². The second-order valence-corrected chi connectivity index (χ2v) is 7.47. The van der Waals surface area contributed by atoms with Gasteiger partial charge in [0, 0.05) is 12.7 Å². The third-order valence-electron chi connectivity index (χ3n) is 5.14. The number of anilines is 1. The number of carbonyl (C=O) groups is 2. The molecule has 4 rings (SSSR count). The van der Waals surface area contributed by atoms with Crippen molar-refractivity contribution in [3.63, 3.8) is 0 Å². The van der Waals surface area contributed by atoms with Crippen LogP contribution in [0.1, 0.15) is 21.5 Å². The molecule has 0 aliphatic rings. The first-order chi connectivity index (χ1) is 16.4. The van der Waals surface area contributed by atoms with Crippen molar-refractivity contribution >= 4 is 23.1 Å². The highest BCUT2D eigenvalue weighted by molar-refractivity contribution is 6.00. The molecule has 0 aliphatic carbocycles. The first kappa shape index (κ1) is 22.7. The van der Waals surface area contributed by atoms with Gasteiger partial charge in [0.25, 0.3) is 11.5 Å². The third kappa shape index (κ3) is 5.09. The van der Waals surface area contributed by atoms with Gasteiger partial charge in [-0.05, 0) is 47.5 Å². The molecule has 9 heteroatoms. The maximum Gasteiger partial charge on any atom is 0.281 e. The number of methoxy groups -OCH3 is 1. The van der Waals surface area contributed by atoms with Crippen LogP contribution < -0.4 is 20.9 Å². The van der Waals surface area contributed by atoms with E-state index < -0.39 is 11.5 Å². The lowest BCUT2D eigenvalue weighted by Crippen LogP contribution is -2.27. The lowest BCUT2D eigenvalue weighted by molar-refractivity contribution is -0.115. The first-order valence-electron chi connectivity index (χ1n) is 10.4. The fraction of sp³-hybridized carbons (Fsp3) is 0.120. The summed E-state index contributed by atoms with van der Waals surface area (Å²) in [5.41, 5.74) is 1.31. The van der Waals surface area contributed by atoms with E-state index in [2.05, 4.69) is 15.6 Å². The van der Waals surface area contributed by atoms with Gasteiger partial charge >= 0.3 is 0 Å². The van der Waals surface area contributed by atoms with Gasteiger partial charge in [-0.3, -0.25) is 18.8 Å². The van der Waals surface area contributed by atoms with Crippen molar-refractivity contribution < 1.29 is 18.7 Å². The lowest BCUT2D eigenvalue weighted by Gasteiger charge is -2.10. The molecule has 34 heavy (non-hydrogen) atoms. The van der Waals surface area contributed by atoms with Gasteiger partial charge in [0.1, 0.15) is 17.3 Å². The maximum absolute atomic E-state index is 13.1. The van der Waals surface area contributed by atoms with Crippen LogP contribution in [0, 0.1) is 5.82 Å². The second-order valence-electron chi connectivity index (χ2n) is 7.47. The Kier molecular flexibility index (Phi) is 6.63. The summed E-state index contributed by atoms with van der Waals surface area (Å²) in [6, 6.07) is 15.9. The van der Waals surface area contributed by atoms with E-state index in [-0.39, 0.29) is 41.6 Å². The number of aromatic nitrogens is 2. The minimum Gasteiger partial charge on any atom is -0.497 e. The summed E-state index contributed by atoms with van der Waals surface area (Å²) in [5, 5.41) is 5.32. The van der Waals surface area contributed by atoms with E-state index >= 15 is 0 Å². The van der Waals surface area contributed by atoms with Crippen molar-refractivity contribution in [1.29, 1.82) is 0 Å². The van der Waals surface area contributed by atoms with Gasteiger partial charge < -0.3 is 15.4 Å². The van der Waals surface area contributed by atoms with Gasteiger partial charge in [-0.15, -0.1) is 0 Å². The predicted molar refractivity (Wildman–Crippen MR) is 124 cm³/mol. The zero-order valence-corrected chi connectivity index (χ0v) is 18.2. The standard InChI is InChI=1S/C25H21FN4O4/c1-34-19-10-6-16(7-11-19)13-22(31)29-21-15-27-23-20(3-2-12-30(23)25(21)33)24(32)28-14-17-4-8-18(26)9-5-17/h2-12,15H,13-14H2,1H3,(H,28,32)(H,29,31). The van der Waals surface area contributed by atoms with Crippen LogP contribution in [0.4, 0.5) is 10.1 Å². The smallest absolute Gasteiger partial charge is 0.281 e. The number of nitrogens with zero attached hydrogens (tertiary/aromatic N) is 2. The molecule has 2 N–H and O–H groups in total. The molecule has 0 spiro atoms. The summed E-state index contributed by atoms with van der Waals surface area (Å²) >= 11 is 0. The fourth-order valence-electron chi connectivity index (χ4n) is 3.37. The molecule has 0 radical (unpaired) electrons. The maximum atomic E-state index is 13.1. The Labute approximate surface area is 194 Å². The average Bonchev–Trinajstić information content (AvgIpc) is 2.85. The first-order valence-corrected chi connectivity index (χ1v) is 10.4. The number of amides is 2. The van der Waals surface area contributed by atoms with Crippen molar-refractivity contribution in [3.05, 3.63) is 106 Å². The van der Waals surface area contributed by atoms with Crippen LogP contribution >= 0.6 is 0 Å². The summed E-state index contributed by atoms with van der Waals surface area (Å²) < 4.78 is 19.4. The van der Waals surface area contributed by atoms with Gasteiger partial charge in [-0.25, -0.2) is 9.37 Å². The number of pyridine rings is 1. The molecule has 0 fully saturated rings. The molecule has 0 aliphatic heterocycles. The monoisotopic (exact) mass is 460 g/mol. The quantitative estimate of drug-likeness (QED) is 0.442. The fourth-order valence-corrected chi connectivity index (χ4v) is 3.37. The van der Waals surface area contributed by atoms with Crippen LogP contribution in [-0.4, -0.2) is 28.3 Å². The Balaban J connectivity index is 1.49. The molecule has 4 aromatic rings. The SMILES string of the molecule is COc1ccc(CC(=O)Nc2cnc3c(C(=O)NCc4ccc(F)cc4)cccn3c2=O)cc1. The molecule has 172 valence electrons. The molecule has 0 saturated heterocycles. The number of nitrogens with one attached hydrogen (secondary N) is 2. The summed E-state index contributed by atoms with van der Waals surface area (Å²) in [6.07, 6.45) is 2.78. The van der Waals surface area contributed by atoms with E-state index in [1.165, 1.54) is 28.9 Å². The van der Waals surface area contributed by atoms with E-state index in [1.54, 1.807) is 55.6 Å². The van der Waals surface area contributed by atoms with Crippen molar-refractivity contribution in [3.8, 4) is 5.75 Å². The minimum atomic E-state index is -0.513. The Morgan fingerprint density at radius 2 is 1.74 bits per heavy atom. The average molecular weight is 460 g/mol. The summed E-state index contributed by atoms with van der Waals surface area (Å²) in [5.74, 6) is -0.499. The molecule has 8 nitrogen and oxygen atoms in total. The molecule has 2 heterocycles. The highest BCUT2D eigenvalue weighted by Gasteiger charge is 2.15. The molecule has 0 unspecified atom stereocenters. The second kappa shape index (κ2) is 9.95. The zero-order valence-electron chi connectivity index (χ0n) is 18.2. The number of hydrogen-bond acceptors (Lipinski definition) is 5. The summed E-state index contributed by atoms with van der Waals surface area (Å²) in [7, 11) is 1.56. The molecule has 0 bridgehead atoms. The van der Waals surface area contributed by atoms with E-state index in [9.17, 15) is 18.8 Å².